The van der Waals surface area contributed by atoms with Gasteiger partial charge in [0.15, 0.2) is 0 Å². The maximum absolute atomic E-state index is 3.41. The maximum atomic E-state index is 3.41. The summed E-state index contributed by atoms with van der Waals surface area (Å²) in [5, 5.41) is 6.68. The number of hydrogen-bond acceptors (Lipinski definition) is 3. The van der Waals surface area contributed by atoms with Crippen LogP contribution in [0.3, 0.4) is 0 Å². The highest BCUT2D eigenvalue weighted by atomic mass is 29.5. The van der Waals surface area contributed by atoms with Crippen molar-refractivity contribution in [1.82, 2.24) is 15.2 Å². The Morgan fingerprint density at radius 2 is 2.08 bits per heavy atom. The molecular weight excluding hydrogens is 198 g/mol. The molecule has 0 aliphatic carbocycles. The van der Waals surface area contributed by atoms with Crippen molar-refractivity contribution in [1.29, 1.82) is 0 Å². The first kappa shape index (κ1) is 12.5. The minimum absolute atomic E-state index is 0.245. The second kappa shape index (κ2) is 9.62. The lowest BCUT2D eigenvalue weighted by Crippen LogP contribution is -2.42. The van der Waals surface area contributed by atoms with Crippen LogP contribution in [0.5, 0.6) is 0 Å². The lowest BCUT2D eigenvalue weighted by atomic mass is 10.7. The Hall–Kier alpha value is 0.531. The van der Waals surface area contributed by atoms with Gasteiger partial charge < -0.3 is 9.88 Å². The van der Waals surface area contributed by atoms with Gasteiger partial charge in [0.05, 0.1) is 9.20 Å². The van der Waals surface area contributed by atoms with Gasteiger partial charge in [0, 0.05) is 21.9 Å². The third kappa shape index (κ3) is 7.19. The van der Waals surface area contributed by atoms with Crippen molar-refractivity contribution in [2.24, 2.45) is 0 Å². The van der Waals surface area contributed by atoms with Crippen LogP contribution >= 0.6 is 0 Å². The van der Waals surface area contributed by atoms with E-state index in [1.54, 1.807) is 0 Å². The number of nitrogens with one attached hydrogen (secondary N) is 2. The molecule has 0 aliphatic heterocycles. The monoisotopic (exact) mass is 221 g/mol. The highest BCUT2D eigenvalue weighted by molar-refractivity contribution is 7.22. The zero-order chi connectivity index (χ0) is 9.23. The van der Waals surface area contributed by atoms with Gasteiger partial charge >= 0.3 is 0 Å². The first-order chi connectivity index (χ1) is 5.85. The van der Waals surface area contributed by atoms with Crippen LogP contribution in [0, 0.1) is 0 Å². The first-order valence-corrected chi connectivity index (χ1v) is 15.3. The lowest BCUT2D eigenvalue weighted by Gasteiger charge is -2.19. The van der Waals surface area contributed by atoms with Crippen LogP contribution in [0.1, 0.15) is 13.8 Å². The van der Waals surface area contributed by atoms with Crippen LogP contribution in [0.25, 0.3) is 0 Å². The van der Waals surface area contributed by atoms with E-state index in [4.69, 9.17) is 0 Å². The van der Waals surface area contributed by atoms with Crippen LogP contribution in [-0.2, 0) is 0 Å². The van der Waals surface area contributed by atoms with Gasteiger partial charge in [0.25, 0.3) is 0 Å². The molecule has 0 amide bonds. The molecule has 0 heterocycles. The molecule has 12 heavy (non-hydrogen) atoms. The maximum Gasteiger partial charge on any atom is 0.0776 e. The lowest BCUT2D eigenvalue weighted by molar-refractivity contribution is 0.413. The van der Waals surface area contributed by atoms with Crippen LogP contribution in [0.4, 0.5) is 0 Å². The molecule has 0 aromatic carbocycles. The molecule has 0 unspecified atom stereocenters. The van der Waals surface area contributed by atoms with Crippen molar-refractivity contribution in [3.05, 3.63) is 0 Å². The third-order valence-electron chi connectivity index (χ3n) is 1.82. The molecule has 0 atom stereocenters. The third-order valence-corrected chi connectivity index (χ3v) is 10.8. The molecule has 0 bridgehead atoms. The van der Waals surface area contributed by atoms with Gasteiger partial charge in [-0.05, 0) is 22.8 Å². The summed E-state index contributed by atoms with van der Waals surface area (Å²) in [6.07, 6.45) is 0. The highest BCUT2D eigenvalue weighted by Gasteiger charge is 1.98. The number of hydrogen-bond donors (Lipinski definition) is 2. The van der Waals surface area contributed by atoms with E-state index < -0.39 is 0 Å². The predicted octanol–water partition coefficient (Wildman–Crippen LogP) is -3.13. The molecule has 0 saturated heterocycles. The molecule has 2 N–H and O–H groups in total. The van der Waals surface area contributed by atoms with Gasteiger partial charge in [-0.25, -0.2) is 0 Å². The van der Waals surface area contributed by atoms with Gasteiger partial charge in [0.2, 0.25) is 0 Å². The fourth-order valence-corrected chi connectivity index (χ4v) is 11.4. The van der Waals surface area contributed by atoms with E-state index in [0.717, 1.165) is 19.9 Å². The summed E-state index contributed by atoms with van der Waals surface area (Å²) >= 11 is 0. The van der Waals surface area contributed by atoms with Crippen molar-refractivity contribution in [3.8, 4) is 0 Å². The molecule has 0 aliphatic rings. The molecule has 6 heteroatoms. The molecule has 74 valence electrons. The van der Waals surface area contributed by atoms with Crippen molar-refractivity contribution in [2.75, 3.05) is 26.4 Å². The van der Waals surface area contributed by atoms with Crippen LogP contribution in [0.2, 0.25) is 0 Å². The van der Waals surface area contributed by atoms with E-state index >= 15 is 0 Å². The fourth-order valence-electron chi connectivity index (χ4n) is 1.09. The normalized spacial score (nSPS) is 13.2. The second-order valence-corrected chi connectivity index (χ2v) is 18.6. The Bertz CT molecular complexity index is 94.1. The zero-order valence-electron chi connectivity index (χ0n) is 8.69. The smallest absolute Gasteiger partial charge is 0.0776 e. The van der Waals surface area contributed by atoms with Crippen molar-refractivity contribution < 1.29 is 0 Å². The standard InChI is InChI=1S/C6H23N3Si3/c1-3-7-5-8-6-9(4-2)11-12-10/h7-8H,3-6,11-12H2,1-2,10H3. The van der Waals surface area contributed by atoms with E-state index in [-0.39, 0.29) is 9.20 Å². The van der Waals surface area contributed by atoms with E-state index in [9.17, 15) is 0 Å². The molecule has 3 nitrogen and oxygen atoms in total. The zero-order valence-corrected chi connectivity index (χ0v) is 13.5. The molecule has 0 aromatic rings. The van der Waals surface area contributed by atoms with Crippen LogP contribution in [-0.4, -0.2) is 58.5 Å². The summed E-state index contributed by atoms with van der Waals surface area (Å²) in [5.74, 6) is 0. The van der Waals surface area contributed by atoms with Crippen molar-refractivity contribution in [3.63, 3.8) is 0 Å². The average molecular weight is 222 g/mol. The van der Waals surface area contributed by atoms with E-state index in [1.165, 1.54) is 16.3 Å². The summed E-state index contributed by atoms with van der Waals surface area (Å²) in [6, 6.07) is 0. The summed E-state index contributed by atoms with van der Waals surface area (Å²) < 4.78 is 2.64. The Kier molecular flexibility index (Phi) is 10.0. The molecule has 0 fully saturated rings. The van der Waals surface area contributed by atoms with E-state index in [0.29, 0.717) is 8.55 Å². The van der Waals surface area contributed by atoms with E-state index in [1.807, 2.05) is 0 Å². The van der Waals surface area contributed by atoms with Gasteiger partial charge in [0.1, 0.15) is 0 Å². The van der Waals surface area contributed by atoms with Crippen LogP contribution in [0.15, 0.2) is 0 Å². The molecule has 0 spiro atoms. The van der Waals surface area contributed by atoms with Gasteiger partial charge in [-0.15, -0.1) is 0 Å². The molecule has 0 aromatic heterocycles. The van der Waals surface area contributed by atoms with Gasteiger partial charge in [-0.2, -0.15) is 0 Å². The Labute approximate surface area is 83.4 Å². The number of rotatable bonds is 8. The Morgan fingerprint density at radius 1 is 1.33 bits per heavy atom. The Morgan fingerprint density at radius 3 is 2.58 bits per heavy atom. The summed E-state index contributed by atoms with van der Waals surface area (Å²) in [5.41, 5.74) is 0. The summed E-state index contributed by atoms with van der Waals surface area (Å²) in [7, 11) is 2.22. The summed E-state index contributed by atoms with van der Waals surface area (Å²) in [6.45, 7) is 8.80. The second-order valence-electron chi connectivity index (χ2n) is 2.90. The predicted molar refractivity (Wildman–Crippen MR) is 66.0 cm³/mol. The van der Waals surface area contributed by atoms with E-state index in [2.05, 4.69) is 29.0 Å². The van der Waals surface area contributed by atoms with Crippen LogP contribution < -0.4 is 10.6 Å². The number of nitrogens with zero attached hydrogens (tertiary/aromatic N) is 1. The summed E-state index contributed by atoms with van der Waals surface area (Å²) in [4.78, 5) is 0. The topological polar surface area (TPSA) is 27.3 Å². The molecular formula is C6H23N3Si3. The van der Waals surface area contributed by atoms with Crippen molar-refractivity contribution in [2.45, 2.75) is 13.8 Å². The minimum Gasteiger partial charge on any atom is -0.321 e. The fraction of sp³-hybridized carbons (Fsp3) is 1.00. The van der Waals surface area contributed by atoms with Crippen molar-refractivity contribution >= 4 is 27.5 Å². The SMILES string of the molecule is CCNCNCN(CC)[SiH2][SiH2][SiH3]. The van der Waals surface area contributed by atoms with Gasteiger partial charge in [-0.1, -0.05) is 13.8 Å². The molecule has 0 saturated carbocycles. The molecule has 0 rings (SSSR count). The average Bonchev–Trinajstić information content (AvgIpc) is 2.10. The molecule has 0 radical (unpaired) electrons. The Balaban J connectivity index is 3.19. The minimum atomic E-state index is 0.245. The largest absolute Gasteiger partial charge is 0.321 e. The highest BCUT2D eigenvalue weighted by Crippen LogP contribution is 1.78. The van der Waals surface area contributed by atoms with Gasteiger partial charge in [-0.3, -0.25) is 5.32 Å². The quantitative estimate of drug-likeness (QED) is 0.258. The first-order valence-electron chi connectivity index (χ1n) is 4.98.